The first kappa shape index (κ1) is 12.4. The Labute approximate surface area is 116 Å². The Morgan fingerprint density at radius 3 is 2.41 bits per heavy atom. The van der Waals surface area contributed by atoms with Crippen LogP contribution in [0.15, 0.2) is 42.5 Å². The number of nitrogens with one attached hydrogen (secondary N) is 1. The normalized spacial score (nSPS) is 10.3. The van der Waals surface area contributed by atoms with Crippen molar-refractivity contribution < 1.29 is 0 Å². The number of aryl methyl sites for hydroxylation is 1. The van der Waals surface area contributed by atoms with Crippen molar-refractivity contribution >= 4 is 28.3 Å². The van der Waals surface area contributed by atoms with Crippen molar-refractivity contribution in [3.05, 3.63) is 62.7 Å². The molecule has 2 heteroatoms. The quantitative estimate of drug-likeness (QED) is 0.812. The minimum atomic E-state index is 0.876. The summed E-state index contributed by atoms with van der Waals surface area (Å²) in [5, 5.41) is 3.49. The molecule has 0 fully saturated rings. The highest BCUT2D eigenvalue weighted by Crippen LogP contribution is 2.19. The van der Waals surface area contributed by atoms with Crippen LogP contribution < -0.4 is 5.32 Å². The van der Waals surface area contributed by atoms with Crippen molar-refractivity contribution in [2.24, 2.45) is 0 Å². The molecule has 0 bridgehead atoms. The summed E-state index contributed by atoms with van der Waals surface area (Å²) in [6, 6.07) is 15.0. The Balaban J connectivity index is 2.07. The van der Waals surface area contributed by atoms with Gasteiger partial charge < -0.3 is 5.32 Å². The van der Waals surface area contributed by atoms with E-state index in [1.54, 1.807) is 0 Å². The maximum Gasteiger partial charge on any atom is 0.0400 e. The first-order valence-electron chi connectivity index (χ1n) is 5.71. The molecule has 2 rings (SSSR count). The number of hydrogen-bond donors (Lipinski definition) is 1. The fourth-order valence-corrected chi connectivity index (χ4v) is 2.10. The van der Waals surface area contributed by atoms with Gasteiger partial charge in [0.25, 0.3) is 0 Å². The van der Waals surface area contributed by atoms with E-state index in [-0.39, 0.29) is 0 Å². The largest absolute Gasteiger partial charge is 0.381 e. The Morgan fingerprint density at radius 2 is 1.71 bits per heavy atom. The topological polar surface area (TPSA) is 12.0 Å². The lowest BCUT2D eigenvalue weighted by molar-refractivity contribution is 1.13. The summed E-state index contributed by atoms with van der Waals surface area (Å²) in [4.78, 5) is 0. The summed E-state index contributed by atoms with van der Waals surface area (Å²) in [6.45, 7) is 5.18. The molecule has 0 heterocycles. The third-order valence-electron chi connectivity index (χ3n) is 3.00. The summed E-state index contributed by atoms with van der Waals surface area (Å²) in [5.74, 6) is 0. The van der Waals surface area contributed by atoms with E-state index in [0.29, 0.717) is 0 Å². The predicted octanol–water partition coefficient (Wildman–Crippen LogP) is 4.52. The Hall–Kier alpha value is -1.03. The molecule has 0 aliphatic heterocycles. The summed E-state index contributed by atoms with van der Waals surface area (Å²) in [7, 11) is 0. The van der Waals surface area contributed by atoms with E-state index in [2.05, 4.69) is 84.2 Å². The van der Waals surface area contributed by atoms with Gasteiger partial charge in [-0.3, -0.25) is 0 Å². The van der Waals surface area contributed by atoms with E-state index in [9.17, 15) is 0 Å². The van der Waals surface area contributed by atoms with Crippen LogP contribution in [0.25, 0.3) is 0 Å². The smallest absolute Gasteiger partial charge is 0.0400 e. The van der Waals surface area contributed by atoms with E-state index in [1.807, 2.05) is 0 Å². The molecule has 0 unspecified atom stereocenters. The number of halogens is 1. The summed E-state index contributed by atoms with van der Waals surface area (Å²) >= 11 is 2.33. The molecule has 17 heavy (non-hydrogen) atoms. The highest BCUT2D eigenvalue weighted by atomic mass is 127. The van der Waals surface area contributed by atoms with Crippen LogP contribution in [0.3, 0.4) is 0 Å². The van der Waals surface area contributed by atoms with E-state index >= 15 is 0 Å². The fourth-order valence-electron chi connectivity index (χ4n) is 1.74. The molecule has 1 N–H and O–H groups in total. The Bertz CT molecular complexity index is 503. The summed E-state index contributed by atoms with van der Waals surface area (Å²) in [6.07, 6.45) is 0. The number of anilines is 1. The summed E-state index contributed by atoms with van der Waals surface area (Å²) in [5.41, 5.74) is 5.20. The van der Waals surface area contributed by atoms with Gasteiger partial charge >= 0.3 is 0 Å². The third-order valence-corrected chi connectivity index (χ3v) is 3.72. The SMILES string of the molecule is Cc1cccc(NCc2ccc(I)cc2)c1C. The van der Waals surface area contributed by atoms with Crippen molar-refractivity contribution in [2.75, 3.05) is 5.32 Å². The third kappa shape index (κ3) is 3.22. The Morgan fingerprint density at radius 1 is 1.00 bits per heavy atom. The molecule has 1 nitrogen and oxygen atoms in total. The van der Waals surface area contributed by atoms with Crippen molar-refractivity contribution in [3.63, 3.8) is 0 Å². The summed E-state index contributed by atoms with van der Waals surface area (Å²) < 4.78 is 1.28. The average molecular weight is 337 g/mol. The van der Waals surface area contributed by atoms with E-state index < -0.39 is 0 Å². The molecule has 0 spiro atoms. The highest BCUT2D eigenvalue weighted by molar-refractivity contribution is 14.1. The zero-order valence-electron chi connectivity index (χ0n) is 10.1. The Kier molecular flexibility index (Phi) is 4.05. The van der Waals surface area contributed by atoms with Crippen LogP contribution in [0.1, 0.15) is 16.7 Å². The zero-order chi connectivity index (χ0) is 12.3. The molecule has 0 saturated heterocycles. The van der Waals surface area contributed by atoms with Crippen LogP contribution in [0, 0.1) is 17.4 Å². The number of hydrogen-bond acceptors (Lipinski definition) is 1. The van der Waals surface area contributed by atoms with Gasteiger partial charge in [-0.25, -0.2) is 0 Å². The van der Waals surface area contributed by atoms with Crippen LogP contribution in [-0.2, 0) is 6.54 Å². The zero-order valence-corrected chi connectivity index (χ0v) is 12.3. The van der Waals surface area contributed by atoms with E-state index in [4.69, 9.17) is 0 Å². The lowest BCUT2D eigenvalue weighted by Gasteiger charge is -2.11. The number of benzene rings is 2. The van der Waals surface area contributed by atoms with Crippen molar-refractivity contribution in [1.29, 1.82) is 0 Å². The molecule has 0 aliphatic rings. The first-order valence-corrected chi connectivity index (χ1v) is 6.79. The molecule has 2 aromatic carbocycles. The van der Waals surface area contributed by atoms with Gasteiger partial charge in [-0.1, -0.05) is 24.3 Å². The molecule has 0 aromatic heterocycles. The fraction of sp³-hybridized carbons (Fsp3) is 0.200. The van der Waals surface area contributed by atoms with Gasteiger partial charge in [0.05, 0.1) is 0 Å². The molecule has 0 amide bonds. The molecular weight excluding hydrogens is 321 g/mol. The molecule has 88 valence electrons. The molecule has 0 atom stereocenters. The second-order valence-electron chi connectivity index (χ2n) is 4.23. The minimum absolute atomic E-state index is 0.876. The van der Waals surface area contributed by atoms with Gasteiger partial charge in [-0.05, 0) is 71.3 Å². The van der Waals surface area contributed by atoms with E-state index in [1.165, 1.54) is 25.9 Å². The molecule has 2 aromatic rings. The standard InChI is InChI=1S/C15H16IN/c1-11-4-3-5-15(12(11)2)17-10-13-6-8-14(16)9-7-13/h3-9,17H,10H2,1-2H3. The van der Waals surface area contributed by atoms with Crippen molar-refractivity contribution in [1.82, 2.24) is 0 Å². The minimum Gasteiger partial charge on any atom is -0.381 e. The van der Waals surface area contributed by atoms with Gasteiger partial charge in [0, 0.05) is 15.8 Å². The van der Waals surface area contributed by atoms with Gasteiger partial charge in [-0.15, -0.1) is 0 Å². The lowest BCUT2D eigenvalue weighted by Crippen LogP contribution is -2.01. The monoisotopic (exact) mass is 337 g/mol. The first-order chi connectivity index (χ1) is 8.16. The van der Waals surface area contributed by atoms with Gasteiger partial charge in [0.2, 0.25) is 0 Å². The van der Waals surface area contributed by atoms with Crippen LogP contribution in [0.5, 0.6) is 0 Å². The second-order valence-corrected chi connectivity index (χ2v) is 5.47. The average Bonchev–Trinajstić information content (AvgIpc) is 2.33. The van der Waals surface area contributed by atoms with Crippen LogP contribution in [0.4, 0.5) is 5.69 Å². The maximum atomic E-state index is 3.49. The predicted molar refractivity (Wildman–Crippen MR) is 82.4 cm³/mol. The van der Waals surface area contributed by atoms with Crippen molar-refractivity contribution in [3.8, 4) is 0 Å². The van der Waals surface area contributed by atoms with E-state index in [0.717, 1.165) is 6.54 Å². The number of rotatable bonds is 3. The highest BCUT2D eigenvalue weighted by Gasteiger charge is 2.00. The lowest BCUT2D eigenvalue weighted by atomic mass is 10.1. The second kappa shape index (κ2) is 5.54. The van der Waals surface area contributed by atoms with Gasteiger partial charge in [-0.2, -0.15) is 0 Å². The molecular formula is C15H16IN. The van der Waals surface area contributed by atoms with Crippen molar-refractivity contribution in [2.45, 2.75) is 20.4 Å². The van der Waals surface area contributed by atoms with Crippen LogP contribution in [-0.4, -0.2) is 0 Å². The molecule has 0 saturated carbocycles. The van der Waals surface area contributed by atoms with Gasteiger partial charge in [0.15, 0.2) is 0 Å². The molecule has 0 radical (unpaired) electrons. The van der Waals surface area contributed by atoms with Crippen LogP contribution in [0.2, 0.25) is 0 Å². The van der Waals surface area contributed by atoms with Crippen LogP contribution >= 0.6 is 22.6 Å². The maximum absolute atomic E-state index is 3.49. The van der Waals surface area contributed by atoms with Gasteiger partial charge in [0.1, 0.15) is 0 Å². The molecule has 0 aliphatic carbocycles.